The van der Waals surface area contributed by atoms with Crippen molar-refractivity contribution >= 4 is 34.2 Å². The number of nitro groups is 1. The molecule has 0 aliphatic carbocycles. The zero-order valence-electron chi connectivity index (χ0n) is 8.09. The van der Waals surface area contributed by atoms with Gasteiger partial charge in [-0.05, 0) is 11.6 Å². The molecule has 0 aliphatic rings. The molecule has 0 amide bonds. The van der Waals surface area contributed by atoms with Crippen LogP contribution in [0.15, 0.2) is 23.3 Å². The average Bonchev–Trinajstić information content (AvgIpc) is 2.26. The lowest BCUT2D eigenvalue weighted by Crippen LogP contribution is -2.09. The molecule has 0 bridgehead atoms. The first kappa shape index (κ1) is 12.6. The van der Waals surface area contributed by atoms with Gasteiger partial charge in [0.05, 0.1) is 9.95 Å². The van der Waals surface area contributed by atoms with Gasteiger partial charge in [0.2, 0.25) is 0 Å². The van der Waals surface area contributed by atoms with Crippen molar-refractivity contribution in [3.8, 4) is 0 Å². The lowest BCUT2D eigenvalue weighted by Gasteiger charge is -2.03. The molecular weight excluding hydrogens is 252 g/mol. The van der Waals surface area contributed by atoms with Crippen LogP contribution in [0.4, 0.5) is 5.69 Å². The number of thioether (sulfide) groups is 1. The SMILES string of the molecule is NN=C(N)SCc1ccc([N+](=O)[O-])cc1Cl. The molecule has 6 nitrogen and oxygen atoms in total. The normalized spacial score (nSPS) is 11.4. The van der Waals surface area contributed by atoms with E-state index in [9.17, 15) is 10.1 Å². The molecule has 1 aromatic rings. The van der Waals surface area contributed by atoms with Crippen molar-refractivity contribution in [2.75, 3.05) is 0 Å². The van der Waals surface area contributed by atoms with Gasteiger partial charge in [0.25, 0.3) is 5.69 Å². The van der Waals surface area contributed by atoms with Gasteiger partial charge in [-0.15, -0.1) is 0 Å². The molecule has 1 aromatic carbocycles. The van der Waals surface area contributed by atoms with Crippen LogP contribution in [0.2, 0.25) is 5.02 Å². The lowest BCUT2D eigenvalue weighted by molar-refractivity contribution is -0.384. The fourth-order valence-electron chi connectivity index (χ4n) is 0.956. The third-order valence-electron chi connectivity index (χ3n) is 1.75. The standard InChI is InChI=1S/C8H9ClN4O2S/c9-7-3-6(13(14)15)2-1-5(7)4-16-8(10)12-11/h1-3H,4,11H2,(H2,10,12). The van der Waals surface area contributed by atoms with E-state index in [0.717, 1.165) is 5.56 Å². The Labute approximate surface area is 101 Å². The molecule has 0 aromatic heterocycles. The summed E-state index contributed by atoms with van der Waals surface area (Å²) in [6.45, 7) is 0. The Bertz CT molecular complexity index is 438. The largest absolute Gasteiger partial charge is 0.377 e. The van der Waals surface area contributed by atoms with E-state index >= 15 is 0 Å². The second-order valence-electron chi connectivity index (χ2n) is 2.79. The maximum Gasteiger partial charge on any atom is 0.270 e. The van der Waals surface area contributed by atoms with Gasteiger partial charge in [0, 0.05) is 17.9 Å². The Morgan fingerprint density at radius 1 is 1.62 bits per heavy atom. The summed E-state index contributed by atoms with van der Waals surface area (Å²) in [5, 5.41) is 14.3. The van der Waals surface area contributed by atoms with Crippen LogP contribution in [0.3, 0.4) is 0 Å². The van der Waals surface area contributed by atoms with Crippen LogP contribution in [0.5, 0.6) is 0 Å². The molecule has 8 heteroatoms. The number of nitrogens with zero attached hydrogens (tertiary/aromatic N) is 2. The maximum absolute atomic E-state index is 10.5. The van der Waals surface area contributed by atoms with E-state index in [1.165, 1.54) is 23.9 Å². The highest BCUT2D eigenvalue weighted by atomic mass is 35.5. The third-order valence-corrected chi connectivity index (χ3v) is 2.96. The summed E-state index contributed by atoms with van der Waals surface area (Å²) in [4.78, 5) is 9.96. The van der Waals surface area contributed by atoms with Crippen LogP contribution in [-0.4, -0.2) is 10.1 Å². The number of hydrazone groups is 1. The Morgan fingerprint density at radius 2 is 2.31 bits per heavy atom. The van der Waals surface area contributed by atoms with E-state index in [4.69, 9.17) is 23.2 Å². The predicted molar refractivity (Wildman–Crippen MR) is 65.2 cm³/mol. The van der Waals surface area contributed by atoms with Crippen molar-refractivity contribution < 1.29 is 4.92 Å². The second-order valence-corrected chi connectivity index (χ2v) is 4.19. The van der Waals surface area contributed by atoms with Gasteiger partial charge >= 0.3 is 0 Å². The number of benzene rings is 1. The van der Waals surface area contributed by atoms with Crippen molar-refractivity contribution in [1.82, 2.24) is 0 Å². The van der Waals surface area contributed by atoms with E-state index < -0.39 is 4.92 Å². The summed E-state index contributed by atoms with van der Waals surface area (Å²) in [5.74, 6) is 5.42. The van der Waals surface area contributed by atoms with Crippen LogP contribution in [0.1, 0.15) is 5.56 Å². The minimum Gasteiger partial charge on any atom is -0.377 e. The molecule has 0 saturated heterocycles. The second kappa shape index (κ2) is 5.57. The van der Waals surface area contributed by atoms with Gasteiger partial charge < -0.3 is 11.6 Å². The Balaban J connectivity index is 2.79. The molecule has 0 atom stereocenters. The highest BCUT2D eigenvalue weighted by Crippen LogP contribution is 2.25. The van der Waals surface area contributed by atoms with Crippen molar-refractivity contribution in [2.24, 2.45) is 16.7 Å². The van der Waals surface area contributed by atoms with Crippen LogP contribution in [0.25, 0.3) is 0 Å². The first-order chi connectivity index (χ1) is 7.54. The number of amidine groups is 1. The molecule has 0 heterocycles. The van der Waals surface area contributed by atoms with E-state index in [0.29, 0.717) is 10.8 Å². The van der Waals surface area contributed by atoms with Crippen molar-refractivity contribution in [3.63, 3.8) is 0 Å². The zero-order valence-corrected chi connectivity index (χ0v) is 9.66. The molecule has 0 radical (unpaired) electrons. The van der Waals surface area contributed by atoms with Gasteiger partial charge in [0.1, 0.15) is 0 Å². The van der Waals surface area contributed by atoms with Gasteiger partial charge in [-0.1, -0.05) is 23.4 Å². The minimum absolute atomic E-state index is 0.0424. The van der Waals surface area contributed by atoms with E-state index in [1.807, 2.05) is 0 Å². The van der Waals surface area contributed by atoms with Gasteiger partial charge in [-0.3, -0.25) is 10.1 Å². The van der Waals surface area contributed by atoms with Gasteiger partial charge in [0.15, 0.2) is 5.17 Å². The monoisotopic (exact) mass is 260 g/mol. The number of nitrogens with two attached hydrogens (primary N) is 2. The molecule has 0 spiro atoms. The maximum atomic E-state index is 10.5. The Hall–Kier alpha value is -1.47. The minimum atomic E-state index is -0.501. The summed E-state index contributed by atoms with van der Waals surface area (Å²) in [6.07, 6.45) is 0. The summed E-state index contributed by atoms with van der Waals surface area (Å²) in [6, 6.07) is 4.27. The van der Waals surface area contributed by atoms with Crippen LogP contribution in [0, 0.1) is 10.1 Å². The lowest BCUT2D eigenvalue weighted by atomic mass is 10.2. The highest BCUT2D eigenvalue weighted by Gasteiger charge is 2.09. The molecule has 0 aliphatic heterocycles. The first-order valence-electron chi connectivity index (χ1n) is 4.13. The molecule has 0 saturated carbocycles. The van der Waals surface area contributed by atoms with Crippen molar-refractivity contribution in [2.45, 2.75) is 5.75 Å². The number of nitro benzene ring substituents is 1. The molecule has 0 fully saturated rings. The zero-order chi connectivity index (χ0) is 12.1. The topological polar surface area (TPSA) is 108 Å². The number of hydrogen-bond acceptors (Lipinski definition) is 5. The van der Waals surface area contributed by atoms with E-state index in [1.54, 1.807) is 6.07 Å². The Kier molecular flexibility index (Phi) is 4.39. The summed E-state index contributed by atoms with van der Waals surface area (Å²) in [5.41, 5.74) is 6.08. The molecule has 16 heavy (non-hydrogen) atoms. The molecule has 4 N–H and O–H groups in total. The molecule has 1 rings (SSSR count). The smallest absolute Gasteiger partial charge is 0.270 e. The number of non-ortho nitro benzene ring substituents is 1. The van der Waals surface area contributed by atoms with Crippen LogP contribution in [-0.2, 0) is 5.75 Å². The predicted octanol–water partition coefficient (Wildman–Crippen LogP) is 1.67. The quantitative estimate of drug-likeness (QED) is 0.283. The van der Waals surface area contributed by atoms with Crippen LogP contribution < -0.4 is 11.6 Å². The molecule has 86 valence electrons. The van der Waals surface area contributed by atoms with E-state index in [-0.39, 0.29) is 10.9 Å². The molecular formula is C8H9ClN4O2S. The fraction of sp³-hybridized carbons (Fsp3) is 0.125. The van der Waals surface area contributed by atoms with Crippen molar-refractivity contribution in [1.29, 1.82) is 0 Å². The highest BCUT2D eigenvalue weighted by molar-refractivity contribution is 8.13. The van der Waals surface area contributed by atoms with Gasteiger partial charge in [-0.25, -0.2) is 0 Å². The first-order valence-corrected chi connectivity index (χ1v) is 5.50. The third kappa shape index (κ3) is 3.28. The van der Waals surface area contributed by atoms with Crippen LogP contribution >= 0.6 is 23.4 Å². The number of hydrogen-bond donors (Lipinski definition) is 2. The summed E-state index contributed by atoms with van der Waals surface area (Å²) >= 11 is 7.08. The van der Waals surface area contributed by atoms with Crippen molar-refractivity contribution in [3.05, 3.63) is 38.9 Å². The number of halogens is 1. The Morgan fingerprint density at radius 3 is 2.81 bits per heavy atom. The average molecular weight is 261 g/mol. The fourth-order valence-corrected chi connectivity index (χ4v) is 1.91. The summed E-state index contributed by atoms with van der Waals surface area (Å²) < 4.78 is 0. The van der Waals surface area contributed by atoms with E-state index in [2.05, 4.69) is 5.10 Å². The number of rotatable bonds is 3. The summed E-state index contributed by atoms with van der Waals surface area (Å²) in [7, 11) is 0. The molecule has 0 unspecified atom stereocenters. The van der Waals surface area contributed by atoms with Gasteiger partial charge in [-0.2, -0.15) is 5.10 Å².